The number of ether oxygens (including phenoxy) is 1. The van der Waals surface area contributed by atoms with Gasteiger partial charge in [-0.25, -0.2) is 0 Å². The molecular weight excluding hydrogens is 232 g/mol. The first-order valence-electron chi connectivity index (χ1n) is 5.96. The van der Waals surface area contributed by atoms with E-state index >= 15 is 0 Å². The maximum atomic E-state index is 6.32. The van der Waals surface area contributed by atoms with Crippen molar-refractivity contribution < 1.29 is 4.74 Å². The van der Waals surface area contributed by atoms with Crippen LogP contribution in [0.15, 0.2) is 36.5 Å². The van der Waals surface area contributed by atoms with Crippen LogP contribution in [0.4, 0.5) is 0 Å². The molecule has 0 saturated heterocycles. The van der Waals surface area contributed by atoms with E-state index in [4.69, 9.17) is 22.8 Å². The second-order valence-electron chi connectivity index (χ2n) is 4.00. The quantitative estimate of drug-likeness (QED) is 0.420. The van der Waals surface area contributed by atoms with Crippen LogP contribution in [0.3, 0.4) is 0 Å². The molecule has 2 heteroatoms. The fraction of sp³-hybridized carbons (Fsp3) is 0.467. The lowest BCUT2D eigenvalue weighted by molar-refractivity contribution is 0.0129. The fourth-order valence-electron chi connectivity index (χ4n) is 1.79. The van der Waals surface area contributed by atoms with Crippen molar-refractivity contribution in [2.45, 2.75) is 43.8 Å². The third-order valence-corrected chi connectivity index (χ3v) is 3.10. The molecule has 0 amide bonds. The van der Waals surface area contributed by atoms with Crippen LogP contribution < -0.4 is 0 Å². The highest BCUT2D eigenvalue weighted by atomic mass is 35.5. The number of halogens is 1. The van der Waals surface area contributed by atoms with Crippen molar-refractivity contribution in [2.24, 2.45) is 0 Å². The summed E-state index contributed by atoms with van der Waals surface area (Å²) in [6.07, 6.45) is 19.8. The lowest BCUT2D eigenvalue weighted by atomic mass is 10.1. The number of rotatable bonds is 3. The van der Waals surface area contributed by atoms with Crippen molar-refractivity contribution in [3.8, 4) is 12.3 Å². The summed E-state index contributed by atoms with van der Waals surface area (Å²) in [5.41, 5.74) is 0. The Hall–Kier alpha value is -0.970. The Balaban J connectivity index is 2.66. The van der Waals surface area contributed by atoms with Gasteiger partial charge in [0.15, 0.2) is 0 Å². The minimum absolute atomic E-state index is 0.00160. The molecule has 0 radical (unpaired) electrons. The highest BCUT2D eigenvalue weighted by Crippen LogP contribution is 2.22. The standard InChI is InChI=1S/C15H19ClO/c1-3-5-6-12-15-14(16)11-8-7-10-13(17-15)9-4-2/h1,4-9,13-15H,10-12H2,2H3/b6-5-,8-7?,9-4+/t13-,14+,15+/m1/s1. The molecule has 1 aliphatic heterocycles. The molecule has 0 unspecified atom stereocenters. The van der Waals surface area contributed by atoms with Gasteiger partial charge < -0.3 is 4.74 Å². The topological polar surface area (TPSA) is 9.23 Å². The highest BCUT2D eigenvalue weighted by molar-refractivity contribution is 6.21. The van der Waals surface area contributed by atoms with Crippen LogP contribution in [-0.4, -0.2) is 17.6 Å². The van der Waals surface area contributed by atoms with Gasteiger partial charge in [-0.1, -0.05) is 36.3 Å². The molecule has 0 fully saturated rings. The lowest BCUT2D eigenvalue weighted by Gasteiger charge is -2.26. The van der Waals surface area contributed by atoms with E-state index in [1.165, 1.54) is 0 Å². The molecule has 92 valence electrons. The summed E-state index contributed by atoms with van der Waals surface area (Å²) in [7, 11) is 0. The summed E-state index contributed by atoms with van der Waals surface area (Å²) in [5, 5.41) is 0.00160. The van der Waals surface area contributed by atoms with Crippen LogP contribution in [0.25, 0.3) is 0 Å². The van der Waals surface area contributed by atoms with E-state index in [0.29, 0.717) is 0 Å². The Morgan fingerprint density at radius 3 is 2.94 bits per heavy atom. The van der Waals surface area contributed by atoms with Crippen LogP contribution in [-0.2, 0) is 4.74 Å². The van der Waals surface area contributed by atoms with E-state index in [9.17, 15) is 0 Å². The van der Waals surface area contributed by atoms with Gasteiger partial charge >= 0.3 is 0 Å². The van der Waals surface area contributed by atoms with Crippen molar-refractivity contribution in [1.29, 1.82) is 0 Å². The molecule has 0 spiro atoms. The summed E-state index contributed by atoms with van der Waals surface area (Å²) in [5.74, 6) is 2.48. The van der Waals surface area contributed by atoms with Gasteiger partial charge in [-0.15, -0.1) is 18.0 Å². The molecular formula is C15H19ClO. The molecule has 1 heterocycles. The molecule has 0 bridgehead atoms. The first-order valence-corrected chi connectivity index (χ1v) is 6.40. The number of terminal acetylenes is 1. The summed E-state index contributed by atoms with van der Waals surface area (Å²) in [4.78, 5) is 0. The second kappa shape index (κ2) is 8.17. The first kappa shape index (κ1) is 14.1. The van der Waals surface area contributed by atoms with E-state index in [2.05, 4.69) is 24.1 Å². The Morgan fingerprint density at radius 1 is 1.47 bits per heavy atom. The highest BCUT2D eigenvalue weighted by Gasteiger charge is 2.22. The predicted molar refractivity (Wildman–Crippen MR) is 74.1 cm³/mol. The zero-order valence-electron chi connectivity index (χ0n) is 10.2. The zero-order valence-corrected chi connectivity index (χ0v) is 10.9. The molecule has 1 nitrogen and oxygen atoms in total. The van der Waals surface area contributed by atoms with Gasteiger partial charge in [0.2, 0.25) is 0 Å². The molecule has 0 aliphatic carbocycles. The molecule has 0 aromatic carbocycles. The van der Waals surface area contributed by atoms with E-state index in [0.717, 1.165) is 19.3 Å². The Kier molecular flexibility index (Phi) is 6.77. The molecule has 3 atom stereocenters. The smallest absolute Gasteiger partial charge is 0.0794 e. The zero-order chi connectivity index (χ0) is 12.5. The molecule has 1 aliphatic rings. The number of hydrogen-bond acceptors (Lipinski definition) is 1. The monoisotopic (exact) mass is 250 g/mol. The number of alkyl halides is 1. The van der Waals surface area contributed by atoms with Gasteiger partial charge in [0, 0.05) is 0 Å². The van der Waals surface area contributed by atoms with Gasteiger partial charge in [-0.3, -0.25) is 0 Å². The number of allylic oxidation sites excluding steroid dienone is 3. The third-order valence-electron chi connectivity index (χ3n) is 2.64. The van der Waals surface area contributed by atoms with Crippen molar-refractivity contribution in [3.05, 3.63) is 36.5 Å². The molecule has 0 saturated carbocycles. The maximum Gasteiger partial charge on any atom is 0.0794 e. The van der Waals surface area contributed by atoms with Crippen LogP contribution in [0.2, 0.25) is 0 Å². The summed E-state index contributed by atoms with van der Waals surface area (Å²) in [6.45, 7) is 2.00. The SMILES string of the molecule is C#C/C=C\C[C@@H]1O[C@H](/C=C/C)CC=CC[C@@H]1Cl. The Bertz CT molecular complexity index is 335. The van der Waals surface area contributed by atoms with Crippen LogP contribution in [0.5, 0.6) is 0 Å². The maximum absolute atomic E-state index is 6.32. The van der Waals surface area contributed by atoms with Crippen molar-refractivity contribution in [2.75, 3.05) is 0 Å². The average Bonchev–Trinajstić information content (AvgIpc) is 2.31. The summed E-state index contributed by atoms with van der Waals surface area (Å²) >= 11 is 6.32. The van der Waals surface area contributed by atoms with Crippen LogP contribution >= 0.6 is 11.6 Å². The summed E-state index contributed by atoms with van der Waals surface area (Å²) in [6, 6.07) is 0. The largest absolute Gasteiger partial charge is 0.369 e. The molecule has 0 N–H and O–H groups in total. The first-order chi connectivity index (χ1) is 8.27. The van der Waals surface area contributed by atoms with Crippen LogP contribution in [0, 0.1) is 12.3 Å². The molecule has 0 aromatic rings. The number of hydrogen-bond donors (Lipinski definition) is 0. The van der Waals surface area contributed by atoms with Crippen molar-refractivity contribution in [3.63, 3.8) is 0 Å². The average molecular weight is 251 g/mol. The van der Waals surface area contributed by atoms with Gasteiger partial charge in [0.25, 0.3) is 0 Å². The van der Waals surface area contributed by atoms with E-state index < -0.39 is 0 Å². The van der Waals surface area contributed by atoms with Crippen molar-refractivity contribution >= 4 is 11.6 Å². The Morgan fingerprint density at radius 2 is 2.24 bits per heavy atom. The van der Waals surface area contributed by atoms with E-state index in [-0.39, 0.29) is 17.6 Å². The van der Waals surface area contributed by atoms with Gasteiger partial charge in [-0.2, -0.15) is 0 Å². The molecule has 0 aromatic heterocycles. The predicted octanol–water partition coefficient (Wildman–Crippen LogP) is 3.85. The minimum atomic E-state index is 0.00160. The van der Waals surface area contributed by atoms with Gasteiger partial charge in [-0.05, 0) is 32.3 Å². The van der Waals surface area contributed by atoms with Crippen molar-refractivity contribution in [1.82, 2.24) is 0 Å². The molecule has 1 rings (SSSR count). The van der Waals surface area contributed by atoms with Gasteiger partial charge in [0.1, 0.15) is 0 Å². The minimum Gasteiger partial charge on any atom is -0.369 e. The fourth-order valence-corrected chi connectivity index (χ4v) is 2.05. The summed E-state index contributed by atoms with van der Waals surface area (Å²) < 4.78 is 6.00. The van der Waals surface area contributed by atoms with E-state index in [1.807, 2.05) is 19.1 Å². The Labute approximate surface area is 109 Å². The second-order valence-corrected chi connectivity index (χ2v) is 4.56. The van der Waals surface area contributed by atoms with Gasteiger partial charge in [0.05, 0.1) is 17.6 Å². The van der Waals surface area contributed by atoms with Crippen LogP contribution in [0.1, 0.15) is 26.2 Å². The lowest BCUT2D eigenvalue weighted by Crippen LogP contribution is -2.29. The van der Waals surface area contributed by atoms with E-state index in [1.54, 1.807) is 6.08 Å². The normalized spacial score (nSPS) is 30.3. The third kappa shape index (κ3) is 5.26. The molecule has 17 heavy (non-hydrogen) atoms.